The van der Waals surface area contributed by atoms with Crippen LogP contribution in [0.4, 0.5) is 48.3 Å². The van der Waals surface area contributed by atoms with Gasteiger partial charge in [0.15, 0.2) is 18.5 Å². The second-order valence-electron chi connectivity index (χ2n) is 4.12. The first-order valence-corrected chi connectivity index (χ1v) is 6.65. The molecule has 0 spiro atoms. The van der Waals surface area contributed by atoms with E-state index in [0.29, 0.717) is 0 Å². The summed E-state index contributed by atoms with van der Waals surface area (Å²) >= 11 is 0. The van der Waals surface area contributed by atoms with Crippen LogP contribution in [0.15, 0.2) is 0 Å². The van der Waals surface area contributed by atoms with Crippen LogP contribution >= 0.6 is 0 Å². The number of rotatable bonds is 8. The molecule has 0 rings (SSSR count). The van der Waals surface area contributed by atoms with Crippen LogP contribution in [0.1, 0.15) is 0 Å². The zero-order valence-corrected chi connectivity index (χ0v) is 12.1. The molecular formula is C8H6F11LiO3S. The van der Waals surface area contributed by atoms with Crippen LogP contribution in [-0.4, -0.2) is 61.4 Å². The molecule has 0 heterocycles. The van der Waals surface area contributed by atoms with E-state index in [2.05, 4.69) is 0 Å². The Morgan fingerprint density at radius 2 is 1.08 bits per heavy atom. The molecule has 24 heavy (non-hydrogen) atoms. The van der Waals surface area contributed by atoms with E-state index in [4.69, 9.17) is 0 Å². The Morgan fingerprint density at radius 1 is 0.708 bits per heavy atom. The van der Waals surface area contributed by atoms with Crippen LogP contribution in [0, 0.1) is 0 Å². The third-order valence-electron chi connectivity index (χ3n) is 2.46. The molecule has 0 aromatic carbocycles. The molecule has 5 atom stereocenters. The molecule has 0 aromatic rings. The van der Waals surface area contributed by atoms with Gasteiger partial charge in [0.1, 0.15) is 10.1 Å². The van der Waals surface area contributed by atoms with Crippen molar-refractivity contribution in [2.45, 2.75) is 48.5 Å². The van der Waals surface area contributed by atoms with Crippen molar-refractivity contribution >= 4 is 10.1 Å². The van der Waals surface area contributed by atoms with E-state index in [0.717, 1.165) is 0 Å². The van der Waals surface area contributed by atoms with Gasteiger partial charge in [0.2, 0.25) is 6.17 Å². The Balaban J connectivity index is 0. The molecular weight excluding hydrogens is 392 g/mol. The van der Waals surface area contributed by atoms with Gasteiger partial charge < -0.3 is 4.55 Å². The standard InChI is InChI=1S/C8H7F11O3S.Li/c9-1(3(11)5(13)14)2(10)4(12)7(16,17)8(18,19)6(15)23(20,21)22;/h1-6H,(H,20,21,22);/q;+1/p-1. The van der Waals surface area contributed by atoms with E-state index in [1.54, 1.807) is 0 Å². The normalized spacial score (nSPS) is 20.0. The van der Waals surface area contributed by atoms with Gasteiger partial charge in [-0.1, -0.05) is 0 Å². The van der Waals surface area contributed by atoms with E-state index in [1.807, 2.05) is 0 Å². The van der Waals surface area contributed by atoms with Crippen LogP contribution in [0.25, 0.3) is 0 Å². The molecule has 0 bridgehead atoms. The summed E-state index contributed by atoms with van der Waals surface area (Å²) in [6.07, 6.45) is -22.6. The topological polar surface area (TPSA) is 57.2 Å². The summed E-state index contributed by atoms with van der Waals surface area (Å²) in [5.74, 6) is -13.4. The number of hydrogen-bond acceptors (Lipinski definition) is 3. The first-order chi connectivity index (χ1) is 9.99. The molecule has 0 aromatic heterocycles. The van der Waals surface area contributed by atoms with Crippen molar-refractivity contribution in [2.24, 2.45) is 0 Å². The van der Waals surface area contributed by atoms with Gasteiger partial charge in [-0.2, -0.15) is 17.6 Å². The molecule has 0 amide bonds. The SMILES string of the molecule is O=S(=O)([O-])C(F)C(F)(F)C(F)(F)C(F)C(F)C(F)C(F)C(F)F.[Li+]. The molecule has 0 aliphatic carbocycles. The molecule has 16 heteroatoms. The fourth-order valence-electron chi connectivity index (χ4n) is 1.19. The maximum Gasteiger partial charge on any atom is 1.00 e. The fourth-order valence-corrected chi connectivity index (χ4v) is 1.71. The Morgan fingerprint density at radius 3 is 1.38 bits per heavy atom. The van der Waals surface area contributed by atoms with Crippen molar-refractivity contribution < 1.29 is 80.1 Å². The zero-order chi connectivity index (χ0) is 19.0. The van der Waals surface area contributed by atoms with Gasteiger partial charge in [0.05, 0.1) is 0 Å². The van der Waals surface area contributed by atoms with Gasteiger partial charge in [0.25, 0.3) is 11.9 Å². The van der Waals surface area contributed by atoms with Crippen LogP contribution in [0.2, 0.25) is 0 Å². The fraction of sp³-hybridized carbons (Fsp3) is 1.00. The maximum absolute atomic E-state index is 13.0. The van der Waals surface area contributed by atoms with E-state index in [-0.39, 0.29) is 18.9 Å². The van der Waals surface area contributed by atoms with E-state index >= 15 is 0 Å². The molecule has 0 N–H and O–H groups in total. The van der Waals surface area contributed by atoms with E-state index < -0.39 is 58.6 Å². The molecule has 0 saturated carbocycles. The minimum Gasteiger partial charge on any atom is -0.746 e. The Hall–Kier alpha value is -0.263. The third-order valence-corrected chi connectivity index (χ3v) is 3.26. The van der Waals surface area contributed by atoms with Crippen molar-refractivity contribution in [2.75, 3.05) is 0 Å². The van der Waals surface area contributed by atoms with Crippen LogP contribution in [0.3, 0.4) is 0 Å². The largest absolute Gasteiger partial charge is 1.00 e. The quantitative estimate of drug-likeness (QED) is 0.321. The first kappa shape index (κ1) is 26.0. The summed E-state index contributed by atoms with van der Waals surface area (Å²) in [5.41, 5.74) is -5.26. The van der Waals surface area contributed by atoms with E-state index in [1.165, 1.54) is 0 Å². The molecule has 0 aliphatic heterocycles. The summed E-state index contributed by atoms with van der Waals surface area (Å²) in [6, 6.07) is 0. The minimum atomic E-state index is -6.78. The molecule has 0 aliphatic rings. The van der Waals surface area contributed by atoms with Crippen molar-refractivity contribution in [3.8, 4) is 0 Å². The molecule has 0 saturated heterocycles. The average molecular weight is 398 g/mol. The first-order valence-electron chi connectivity index (χ1n) is 5.18. The van der Waals surface area contributed by atoms with Crippen LogP contribution < -0.4 is 18.9 Å². The molecule has 0 fully saturated rings. The Bertz CT molecular complexity index is 501. The van der Waals surface area contributed by atoms with Gasteiger partial charge in [-0.15, -0.1) is 0 Å². The zero-order valence-electron chi connectivity index (χ0n) is 11.3. The minimum absolute atomic E-state index is 0. The number of alkyl halides is 11. The molecule has 5 unspecified atom stereocenters. The summed E-state index contributed by atoms with van der Waals surface area (Å²) in [6.45, 7) is 0. The predicted molar refractivity (Wildman–Crippen MR) is 50.1 cm³/mol. The summed E-state index contributed by atoms with van der Waals surface area (Å²) in [4.78, 5) is 0. The molecule has 140 valence electrons. The second-order valence-corrected chi connectivity index (χ2v) is 5.52. The summed E-state index contributed by atoms with van der Waals surface area (Å²) in [7, 11) is -6.78. The van der Waals surface area contributed by atoms with Crippen molar-refractivity contribution in [3.05, 3.63) is 0 Å². The Labute approximate surface area is 139 Å². The van der Waals surface area contributed by atoms with Gasteiger partial charge in [-0.25, -0.2) is 39.2 Å². The molecule has 0 radical (unpaired) electrons. The van der Waals surface area contributed by atoms with Gasteiger partial charge in [-0.05, 0) is 0 Å². The van der Waals surface area contributed by atoms with Gasteiger partial charge >= 0.3 is 30.7 Å². The number of halogens is 11. The maximum atomic E-state index is 13.0. The van der Waals surface area contributed by atoms with Crippen molar-refractivity contribution in [1.82, 2.24) is 0 Å². The van der Waals surface area contributed by atoms with Crippen molar-refractivity contribution in [3.63, 3.8) is 0 Å². The third kappa shape index (κ3) is 5.12. The second kappa shape index (κ2) is 8.41. The van der Waals surface area contributed by atoms with Crippen LogP contribution in [0.5, 0.6) is 0 Å². The molecule has 3 nitrogen and oxygen atoms in total. The predicted octanol–water partition coefficient (Wildman–Crippen LogP) is -0.281. The van der Waals surface area contributed by atoms with Gasteiger partial charge in [0, 0.05) is 0 Å². The average Bonchev–Trinajstić information content (AvgIpc) is 2.41. The van der Waals surface area contributed by atoms with Crippen LogP contribution in [-0.2, 0) is 10.1 Å². The Kier molecular flexibility index (Phi) is 9.10. The summed E-state index contributed by atoms with van der Waals surface area (Å²) in [5, 5.41) is 0. The van der Waals surface area contributed by atoms with Gasteiger partial charge in [-0.3, -0.25) is 0 Å². The summed E-state index contributed by atoms with van der Waals surface area (Å²) < 4.78 is 168. The van der Waals surface area contributed by atoms with Crippen molar-refractivity contribution in [1.29, 1.82) is 0 Å². The smallest absolute Gasteiger partial charge is 0.746 e. The van der Waals surface area contributed by atoms with E-state index in [9.17, 15) is 61.3 Å². The number of hydrogen-bond donors (Lipinski definition) is 0. The monoisotopic (exact) mass is 398 g/mol.